The molecule has 1 aliphatic rings. The van der Waals surface area contributed by atoms with Crippen molar-refractivity contribution in [2.24, 2.45) is 0 Å². The maximum absolute atomic E-state index is 11.9. The van der Waals surface area contributed by atoms with Crippen molar-refractivity contribution in [1.29, 1.82) is 5.26 Å². The van der Waals surface area contributed by atoms with Crippen LogP contribution in [0.1, 0.15) is 33.6 Å². The van der Waals surface area contributed by atoms with Crippen molar-refractivity contribution < 1.29 is 14.3 Å². The number of carbonyl (C=O) groups is 1. The van der Waals surface area contributed by atoms with Gasteiger partial charge in [-0.05, 0) is 48.7 Å². The summed E-state index contributed by atoms with van der Waals surface area (Å²) < 4.78 is 11.1. The monoisotopic (exact) mass is 430 g/mol. The predicted molar refractivity (Wildman–Crippen MR) is 121 cm³/mol. The van der Waals surface area contributed by atoms with E-state index in [0.717, 1.165) is 21.9 Å². The van der Waals surface area contributed by atoms with E-state index in [1.165, 1.54) is 0 Å². The van der Waals surface area contributed by atoms with Crippen LogP contribution in [-0.2, 0) is 11.3 Å². The Labute approximate surface area is 185 Å². The standard InChI is InChI=1S/C25H22N2O3S/c1-2-29-25(28)18-9-11-20(12-10-18)27-15-19(14-26)23(16-27)22-7-3-4-8-24(22)30-17-21-6-5-13-31-21/h3-13,15,23H,2,16-17H2,1H3. The molecule has 3 aromatic rings. The molecule has 1 unspecified atom stereocenters. The first-order valence-corrected chi connectivity index (χ1v) is 11.0. The van der Waals surface area contributed by atoms with E-state index in [2.05, 4.69) is 6.07 Å². The fourth-order valence-electron chi connectivity index (χ4n) is 3.61. The second-order valence-electron chi connectivity index (χ2n) is 7.07. The average molecular weight is 431 g/mol. The molecular weight excluding hydrogens is 408 g/mol. The molecule has 31 heavy (non-hydrogen) atoms. The second kappa shape index (κ2) is 9.50. The summed E-state index contributed by atoms with van der Waals surface area (Å²) >= 11 is 1.66. The Bertz CT molecular complexity index is 1110. The fraction of sp³-hybridized carbons (Fsp3) is 0.200. The quantitative estimate of drug-likeness (QED) is 0.462. The first kappa shape index (κ1) is 20.7. The number of rotatable bonds is 7. The normalized spacial score (nSPS) is 15.3. The van der Waals surface area contributed by atoms with Crippen LogP contribution in [0.2, 0.25) is 0 Å². The number of ether oxygens (including phenoxy) is 2. The van der Waals surface area contributed by atoms with Gasteiger partial charge in [-0.25, -0.2) is 4.79 Å². The van der Waals surface area contributed by atoms with Gasteiger partial charge in [0.2, 0.25) is 0 Å². The minimum Gasteiger partial charge on any atom is -0.488 e. The Morgan fingerprint density at radius 1 is 1.16 bits per heavy atom. The maximum Gasteiger partial charge on any atom is 0.338 e. The number of anilines is 1. The third-order valence-corrected chi connectivity index (χ3v) is 5.98. The number of nitrogens with zero attached hydrogens (tertiary/aromatic N) is 2. The van der Waals surface area contributed by atoms with Gasteiger partial charge >= 0.3 is 5.97 Å². The minimum absolute atomic E-state index is 0.0886. The molecule has 2 aromatic carbocycles. The smallest absolute Gasteiger partial charge is 0.338 e. The largest absolute Gasteiger partial charge is 0.488 e. The molecule has 6 heteroatoms. The highest BCUT2D eigenvalue weighted by atomic mass is 32.1. The Morgan fingerprint density at radius 2 is 1.97 bits per heavy atom. The lowest BCUT2D eigenvalue weighted by molar-refractivity contribution is 0.0526. The van der Waals surface area contributed by atoms with Gasteiger partial charge in [-0.1, -0.05) is 24.3 Å². The summed E-state index contributed by atoms with van der Waals surface area (Å²) in [5.41, 5.74) is 3.11. The van der Waals surface area contributed by atoms with Gasteiger partial charge in [0.15, 0.2) is 0 Å². The summed E-state index contributed by atoms with van der Waals surface area (Å²) in [7, 11) is 0. The molecule has 0 radical (unpaired) electrons. The zero-order valence-corrected chi connectivity index (χ0v) is 18.0. The number of carbonyl (C=O) groups excluding carboxylic acids is 1. The number of thiophene rings is 1. The van der Waals surface area contributed by atoms with E-state index >= 15 is 0 Å². The molecule has 1 atom stereocenters. The van der Waals surface area contributed by atoms with Crippen LogP contribution < -0.4 is 9.64 Å². The van der Waals surface area contributed by atoms with Gasteiger partial charge in [-0.2, -0.15) is 5.26 Å². The Morgan fingerprint density at radius 3 is 2.68 bits per heavy atom. The zero-order chi connectivity index (χ0) is 21.6. The summed E-state index contributed by atoms with van der Waals surface area (Å²) in [6, 6.07) is 21.5. The lowest BCUT2D eigenvalue weighted by Crippen LogP contribution is -2.17. The van der Waals surface area contributed by atoms with Crippen LogP contribution in [0.4, 0.5) is 5.69 Å². The SMILES string of the molecule is CCOC(=O)c1ccc(N2C=C(C#N)C(c3ccccc3OCc3cccs3)C2)cc1. The fourth-order valence-corrected chi connectivity index (χ4v) is 4.22. The van der Waals surface area contributed by atoms with Crippen LogP contribution in [0.5, 0.6) is 5.75 Å². The second-order valence-corrected chi connectivity index (χ2v) is 8.11. The molecule has 0 fully saturated rings. The predicted octanol–water partition coefficient (Wildman–Crippen LogP) is 5.52. The molecule has 0 amide bonds. The molecular formula is C25H22N2O3S. The highest BCUT2D eigenvalue weighted by molar-refractivity contribution is 7.09. The molecule has 0 aliphatic carbocycles. The van der Waals surface area contributed by atoms with Gasteiger partial charge in [0.25, 0.3) is 0 Å². The zero-order valence-electron chi connectivity index (χ0n) is 17.2. The number of hydrogen-bond acceptors (Lipinski definition) is 6. The molecule has 1 aromatic heterocycles. The number of hydrogen-bond donors (Lipinski definition) is 0. The lowest BCUT2D eigenvalue weighted by atomic mass is 9.93. The van der Waals surface area contributed by atoms with Crippen LogP contribution in [-0.4, -0.2) is 19.1 Å². The van der Waals surface area contributed by atoms with Crippen molar-refractivity contribution in [3.05, 3.63) is 93.8 Å². The molecule has 2 heterocycles. The van der Waals surface area contributed by atoms with Gasteiger partial charge in [0.05, 0.1) is 23.8 Å². The average Bonchev–Trinajstić information content (AvgIpc) is 3.48. The van der Waals surface area contributed by atoms with E-state index < -0.39 is 0 Å². The van der Waals surface area contributed by atoms with Gasteiger partial charge in [-0.15, -0.1) is 11.3 Å². The van der Waals surface area contributed by atoms with Crippen molar-refractivity contribution in [3.8, 4) is 11.8 Å². The minimum atomic E-state index is -0.335. The number of nitriles is 1. The first-order valence-electron chi connectivity index (χ1n) is 10.1. The van der Waals surface area contributed by atoms with Gasteiger partial charge < -0.3 is 14.4 Å². The van der Waals surface area contributed by atoms with Crippen LogP contribution in [0.25, 0.3) is 0 Å². The van der Waals surface area contributed by atoms with E-state index in [1.54, 1.807) is 30.4 Å². The van der Waals surface area contributed by atoms with E-state index in [4.69, 9.17) is 9.47 Å². The Hall–Kier alpha value is -3.56. The summed E-state index contributed by atoms with van der Waals surface area (Å²) in [6.07, 6.45) is 1.88. The maximum atomic E-state index is 11.9. The third-order valence-electron chi connectivity index (χ3n) is 5.13. The van der Waals surface area contributed by atoms with E-state index in [9.17, 15) is 10.1 Å². The molecule has 1 aliphatic heterocycles. The summed E-state index contributed by atoms with van der Waals surface area (Å²) in [6.45, 7) is 3.26. The van der Waals surface area contributed by atoms with Crippen molar-refractivity contribution in [1.82, 2.24) is 0 Å². The molecule has 0 spiro atoms. The molecule has 156 valence electrons. The molecule has 4 rings (SSSR count). The van der Waals surface area contributed by atoms with Crippen molar-refractivity contribution in [2.45, 2.75) is 19.4 Å². The third kappa shape index (κ3) is 4.62. The van der Waals surface area contributed by atoms with Crippen molar-refractivity contribution in [2.75, 3.05) is 18.1 Å². The summed E-state index contributed by atoms with van der Waals surface area (Å²) in [5.74, 6) is 0.370. The summed E-state index contributed by atoms with van der Waals surface area (Å²) in [4.78, 5) is 15.1. The van der Waals surface area contributed by atoms with Crippen LogP contribution in [0.15, 0.2) is 77.8 Å². The van der Waals surface area contributed by atoms with Gasteiger partial charge in [0.1, 0.15) is 12.4 Å². The van der Waals surface area contributed by atoms with Crippen LogP contribution >= 0.6 is 11.3 Å². The number of para-hydroxylation sites is 1. The van der Waals surface area contributed by atoms with Crippen molar-refractivity contribution in [3.63, 3.8) is 0 Å². The van der Waals surface area contributed by atoms with Crippen molar-refractivity contribution >= 4 is 23.0 Å². The topological polar surface area (TPSA) is 62.6 Å². The molecule has 5 nitrogen and oxygen atoms in total. The number of benzene rings is 2. The first-order chi connectivity index (χ1) is 15.2. The Kier molecular flexibility index (Phi) is 6.34. The van der Waals surface area contributed by atoms with Crippen LogP contribution in [0, 0.1) is 11.3 Å². The Balaban J connectivity index is 1.53. The van der Waals surface area contributed by atoms with E-state index in [1.807, 2.05) is 65.0 Å². The highest BCUT2D eigenvalue weighted by Crippen LogP contribution is 2.38. The number of esters is 1. The molecule has 0 saturated carbocycles. The van der Waals surface area contributed by atoms with Gasteiger partial charge in [0, 0.05) is 34.8 Å². The summed E-state index contributed by atoms with van der Waals surface area (Å²) in [5, 5.41) is 11.8. The highest BCUT2D eigenvalue weighted by Gasteiger charge is 2.29. The molecule has 0 N–H and O–H groups in total. The lowest BCUT2D eigenvalue weighted by Gasteiger charge is -2.20. The molecule has 0 saturated heterocycles. The van der Waals surface area contributed by atoms with E-state index in [-0.39, 0.29) is 11.9 Å². The van der Waals surface area contributed by atoms with E-state index in [0.29, 0.717) is 30.9 Å². The van der Waals surface area contributed by atoms with Crippen LogP contribution in [0.3, 0.4) is 0 Å². The van der Waals surface area contributed by atoms with Gasteiger partial charge in [-0.3, -0.25) is 0 Å². The molecule has 0 bridgehead atoms.